The molecule has 0 radical (unpaired) electrons. The highest BCUT2D eigenvalue weighted by Gasteiger charge is 2.13. The molecule has 0 aliphatic carbocycles. The van der Waals surface area contributed by atoms with E-state index in [9.17, 15) is 9.18 Å². The average Bonchev–Trinajstić information content (AvgIpc) is 2.45. The molecule has 4 heteroatoms. The highest BCUT2D eigenvalue weighted by Crippen LogP contribution is 2.19. The van der Waals surface area contributed by atoms with Crippen LogP contribution in [0.2, 0.25) is 0 Å². The molecule has 0 heterocycles. The molecule has 3 nitrogen and oxygen atoms in total. The second-order valence-electron chi connectivity index (χ2n) is 4.68. The Morgan fingerprint density at radius 1 is 1.20 bits per heavy atom. The summed E-state index contributed by atoms with van der Waals surface area (Å²) in [5.74, 6) is -0.565. The van der Waals surface area contributed by atoms with Crippen LogP contribution in [0.4, 0.5) is 10.1 Å². The monoisotopic (exact) mass is 272 g/mol. The first-order valence-corrected chi connectivity index (χ1v) is 6.43. The standard InChI is InChI=1S/C16H17FN2O/c1-11-13(17)8-5-9-15(11)19-16(20)10-14(18)12-6-3-2-4-7-12/h2-9,14H,10,18H2,1H3,(H,19,20). The SMILES string of the molecule is Cc1c(F)cccc1NC(=O)CC(N)c1ccccc1. The van der Waals surface area contributed by atoms with Crippen LogP contribution in [-0.4, -0.2) is 5.91 Å². The molecule has 3 N–H and O–H groups in total. The molecule has 0 saturated carbocycles. The van der Waals surface area contributed by atoms with E-state index in [1.54, 1.807) is 19.1 Å². The van der Waals surface area contributed by atoms with Gasteiger partial charge in [-0.1, -0.05) is 36.4 Å². The summed E-state index contributed by atoms with van der Waals surface area (Å²) in [5, 5.41) is 2.69. The van der Waals surface area contributed by atoms with Crippen molar-refractivity contribution in [3.63, 3.8) is 0 Å². The predicted molar refractivity (Wildman–Crippen MR) is 77.8 cm³/mol. The molecule has 0 aliphatic rings. The minimum Gasteiger partial charge on any atom is -0.326 e. The molecule has 2 rings (SSSR count). The summed E-state index contributed by atoms with van der Waals surface area (Å²) in [5.41, 5.74) is 7.79. The zero-order chi connectivity index (χ0) is 14.5. The van der Waals surface area contributed by atoms with Crippen molar-refractivity contribution in [3.8, 4) is 0 Å². The van der Waals surface area contributed by atoms with E-state index in [1.165, 1.54) is 6.07 Å². The Balaban J connectivity index is 2.01. The minimum atomic E-state index is -0.370. The number of benzene rings is 2. The maximum absolute atomic E-state index is 13.4. The highest BCUT2D eigenvalue weighted by atomic mass is 19.1. The van der Waals surface area contributed by atoms with Crippen LogP contribution >= 0.6 is 0 Å². The van der Waals surface area contributed by atoms with E-state index in [-0.39, 0.29) is 24.2 Å². The Morgan fingerprint density at radius 3 is 2.60 bits per heavy atom. The number of hydrogen-bond acceptors (Lipinski definition) is 2. The fourth-order valence-corrected chi connectivity index (χ4v) is 1.96. The lowest BCUT2D eigenvalue weighted by atomic mass is 10.0. The maximum Gasteiger partial charge on any atom is 0.226 e. The molecule has 0 aliphatic heterocycles. The van der Waals surface area contributed by atoms with Crippen LogP contribution in [0.1, 0.15) is 23.6 Å². The van der Waals surface area contributed by atoms with Crippen LogP contribution in [-0.2, 0) is 4.79 Å². The Bertz CT molecular complexity index is 599. The average molecular weight is 272 g/mol. The minimum absolute atomic E-state index is 0.153. The zero-order valence-corrected chi connectivity index (χ0v) is 11.3. The van der Waals surface area contributed by atoms with Crippen molar-refractivity contribution in [1.29, 1.82) is 0 Å². The van der Waals surface area contributed by atoms with Crippen LogP contribution in [0, 0.1) is 12.7 Å². The Labute approximate surface area is 117 Å². The lowest BCUT2D eigenvalue weighted by Crippen LogP contribution is -2.21. The summed E-state index contributed by atoms with van der Waals surface area (Å²) < 4.78 is 13.4. The molecule has 1 amide bonds. The van der Waals surface area contributed by atoms with Crippen LogP contribution in [0.3, 0.4) is 0 Å². The molecular formula is C16H17FN2O. The van der Waals surface area contributed by atoms with Crippen molar-refractivity contribution in [3.05, 3.63) is 65.5 Å². The van der Waals surface area contributed by atoms with Crippen LogP contribution < -0.4 is 11.1 Å². The first kappa shape index (κ1) is 14.2. The van der Waals surface area contributed by atoms with E-state index in [2.05, 4.69) is 5.32 Å². The first-order chi connectivity index (χ1) is 9.58. The number of hydrogen-bond donors (Lipinski definition) is 2. The van der Waals surface area contributed by atoms with Crippen molar-refractivity contribution in [2.24, 2.45) is 5.73 Å². The summed E-state index contributed by atoms with van der Waals surface area (Å²) >= 11 is 0. The van der Waals surface area contributed by atoms with Crippen molar-refractivity contribution in [1.82, 2.24) is 0 Å². The van der Waals surface area contributed by atoms with E-state index >= 15 is 0 Å². The third-order valence-electron chi connectivity index (χ3n) is 3.17. The van der Waals surface area contributed by atoms with Crippen LogP contribution in [0.25, 0.3) is 0 Å². The number of nitrogens with one attached hydrogen (secondary N) is 1. The van der Waals surface area contributed by atoms with Gasteiger partial charge in [0, 0.05) is 23.7 Å². The topological polar surface area (TPSA) is 55.1 Å². The summed E-state index contributed by atoms with van der Waals surface area (Å²) in [7, 11) is 0. The van der Waals surface area contributed by atoms with Crippen LogP contribution in [0.15, 0.2) is 48.5 Å². The van der Waals surface area contributed by atoms with Gasteiger partial charge < -0.3 is 11.1 Å². The van der Waals surface area contributed by atoms with Gasteiger partial charge in [-0.3, -0.25) is 4.79 Å². The third kappa shape index (κ3) is 3.42. The summed E-state index contributed by atoms with van der Waals surface area (Å²) in [4.78, 5) is 11.9. The Morgan fingerprint density at radius 2 is 1.90 bits per heavy atom. The number of anilines is 1. The smallest absolute Gasteiger partial charge is 0.226 e. The molecule has 2 aromatic rings. The van der Waals surface area contributed by atoms with Gasteiger partial charge in [0.1, 0.15) is 5.82 Å². The normalized spacial score (nSPS) is 11.9. The van der Waals surface area contributed by atoms with Gasteiger partial charge in [-0.15, -0.1) is 0 Å². The van der Waals surface area contributed by atoms with Gasteiger partial charge in [-0.2, -0.15) is 0 Å². The molecule has 0 fully saturated rings. The number of carbonyl (C=O) groups excluding carboxylic acids is 1. The largest absolute Gasteiger partial charge is 0.326 e. The number of nitrogens with two attached hydrogens (primary N) is 1. The maximum atomic E-state index is 13.4. The van der Waals surface area contributed by atoms with E-state index in [1.807, 2.05) is 30.3 Å². The summed E-state index contributed by atoms with van der Waals surface area (Å²) in [6.45, 7) is 1.63. The molecule has 0 bridgehead atoms. The van der Waals surface area contributed by atoms with E-state index in [0.29, 0.717) is 11.3 Å². The second-order valence-corrected chi connectivity index (χ2v) is 4.68. The van der Waals surface area contributed by atoms with E-state index < -0.39 is 0 Å². The quantitative estimate of drug-likeness (QED) is 0.898. The van der Waals surface area contributed by atoms with Crippen molar-refractivity contribution in [2.45, 2.75) is 19.4 Å². The molecular weight excluding hydrogens is 255 g/mol. The van der Waals surface area contributed by atoms with Crippen molar-refractivity contribution < 1.29 is 9.18 Å². The molecule has 0 spiro atoms. The first-order valence-electron chi connectivity index (χ1n) is 6.43. The lowest BCUT2D eigenvalue weighted by Gasteiger charge is -2.13. The highest BCUT2D eigenvalue weighted by molar-refractivity contribution is 5.91. The van der Waals surface area contributed by atoms with Crippen LogP contribution in [0.5, 0.6) is 0 Å². The van der Waals surface area contributed by atoms with Gasteiger partial charge in [-0.25, -0.2) is 4.39 Å². The van der Waals surface area contributed by atoms with Gasteiger partial charge in [0.25, 0.3) is 0 Å². The zero-order valence-electron chi connectivity index (χ0n) is 11.3. The molecule has 2 aromatic carbocycles. The number of carbonyl (C=O) groups is 1. The molecule has 104 valence electrons. The number of amides is 1. The molecule has 0 aromatic heterocycles. The molecule has 1 unspecified atom stereocenters. The van der Waals surface area contributed by atoms with Gasteiger partial charge >= 0.3 is 0 Å². The molecule has 1 atom stereocenters. The fraction of sp³-hybridized carbons (Fsp3) is 0.188. The summed E-state index contributed by atoms with van der Waals surface area (Å²) in [6.07, 6.45) is 0.153. The van der Waals surface area contributed by atoms with Crippen molar-refractivity contribution >= 4 is 11.6 Å². The number of rotatable bonds is 4. The Kier molecular flexibility index (Phi) is 4.48. The van der Waals surface area contributed by atoms with Gasteiger partial charge in [0.15, 0.2) is 0 Å². The molecule has 0 saturated heterocycles. The Hall–Kier alpha value is -2.20. The van der Waals surface area contributed by atoms with E-state index in [0.717, 1.165) is 5.56 Å². The second kappa shape index (κ2) is 6.30. The van der Waals surface area contributed by atoms with Gasteiger partial charge in [0.05, 0.1) is 0 Å². The van der Waals surface area contributed by atoms with Crippen molar-refractivity contribution in [2.75, 3.05) is 5.32 Å². The van der Waals surface area contributed by atoms with Gasteiger partial charge in [-0.05, 0) is 24.6 Å². The molecule has 20 heavy (non-hydrogen) atoms. The number of halogens is 1. The third-order valence-corrected chi connectivity index (χ3v) is 3.17. The summed E-state index contributed by atoms with van der Waals surface area (Å²) in [6, 6.07) is 13.6. The van der Waals surface area contributed by atoms with Gasteiger partial charge in [0.2, 0.25) is 5.91 Å². The lowest BCUT2D eigenvalue weighted by molar-refractivity contribution is -0.116. The fourth-order valence-electron chi connectivity index (χ4n) is 1.96. The van der Waals surface area contributed by atoms with E-state index in [4.69, 9.17) is 5.73 Å². The predicted octanol–water partition coefficient (Wildman–Crippen LogP) is 3.16.